The Hall–Kier alpha value is -3.38. The lowest BCUT2D eigenvalue weighted by Gasteiger charge is -2.15. The van der Waals surface area contributed by atoms with Crippen molar-refractivity contribution >= 4 is 21.5 Å². The van der Waals surface area contributed by atoms with E-state index >= 15 is 0 Å². The predicted octanol–water partition coefficient (Wildman–Crippen LogP) is 17.4. The van der Waals surface area contributed by atoms with E-state index in [4.69, 9.17) is 0 Å². The van der Waals surface area contributed by atoms with E-state index < -0.39 is 0 Å². The Morgan fingerprint density at radius 1 is 0.278 bits per heavy atom. The summed E-state index contributed by atoms with van der Waals surface area (Å²) < 4.78 is 0. The fraction of sp³-hybridized carbons (Fsp3) is 0.519. The number of hydrogen-bond donors (Lipinski definition) is 0. The molecule has 0 amide bonds. The molecule has 0 heterocycles. The maximum Gasteiger partial charge on any atom is -0.0152 e. The van der Waals surface area contributed by atoms with E-state index in [-0.39, 0.29) is 0 Å². The van der Waals surface area contributed by atoms with Crippen molar-refractivity contribution in [2.24, 2.45) is 0 Å². The van der Waals surface area contributed by atoms with Gasteiger partial charge in [0, 0.05) is 0 Å². The molecular weight excluding hydrogens is 649 g/mol. The van der Waals surface area contributed by atoms with Crippen molar-refractivity contribution in [1.29, 1.82) is 0 Å². The van der Waals surface area contributed by atoms with Crippen LogP contribution in [0.3, 0.4) is 0 Å². The molecule has 0 aliphatic rings. The van der Waals surface area contributed by atoms with E-state index in [2.05, 4.69) is 113 Å². The summed E-state index contributed by atoms with van der Waals surface area (Å²) >= 11 is 0. The smallest absolute Gasteiger partial charge is 0.0152 e. The fourth-order valence-corrected chi connectivity index (χ4v) is 8.62. The number of benzene rings is 5. The van der Waals surface area contributed by atoms with Crippen molar-refractivity contribution in [3.8, 4) is 22.3 Å². The van der Waals surface area contributed by atoms with E-state index in [1.807, 2.05) is 0 Å². The maximum absolute atomic E-state index is 2.55. The zero-order chi connectivity index (χ0) is 37.8. The summed E-state index contributed by atoms with van der Waals surface area (Å²) in [5, 5.41) is 5.36. The minimum absolute atomic E-state index is 1.18. The summed E-state index contributed by atoms with van der Waals surface area (Å²) in [5.41, 5.74) is 11.7. The Balaban J connectivity index is 1.36. The molecule has 54 heavy (non-hydrogen) atoms. The van der Waals surface area contributed by atoms with E-state index in [0.717, 1.165) is 0 Å². The molecule has 0 nitrogen and oxygen atoms in total. The third-order valence-corrected chi connectivity index (χ3v) is 12.0. The minimum atomic E-state index is 1.18. The van der Waals surface area contributed by atoms with Crippen LogP contribution in [0.2, 0.25) is 0 Å². The molecule has 0 fully saturated rings. The fourth-order valence-electron chi connectivity index (χ4n) is 8.62. The molecule has 0 aliphatic carbocycles. The van der Waals surface area contributed by atoms with E-state index in [0.29, 0.717) is 0 Å². The molecule has 0 aromatic heterocycles. The number of hydrogen-bond acceptors (Lipinski definition) is 0. The normalized spacial score (nSPS) is 11.6. The first-order chi connectivity index (χ1) is 26.6. The van der Waals surface area contributed by atoms with Crippen LogP contribution in [0.1, 0.15) is 178 Å². The molecule has 5 aromatic carbocycles. The third kappa shape index (κ3) is 12.9. The van der Waals surface area contributed by atoms with Crippen LogP contribution in [0.15, 0.2) is 84.9 Å². The third-order valence-electron chi connectivity index (χ3n) is 12.0. The summed E-state index contributed by atoms with van der Waals surface area (Å²) in [6, 6.07) is 34.1. The van der Waals surface area contributed by atoms with Gasteiger partial charge < -0.3 is 0 Å². The first kappa shape index (κ1) is 41.8. The van der Waals surface area contributed by atoms with Gasteiger partial charge in [-0.05, 0) is 142 Å². The second-order valence-corrected chi connectivity index (χ2v) is 16.6. The van der Waals surface area contributed by atoms with Gasteiger partial charge >= 0.3 is 0 Å². The molecular formula is C54H74. The van der Waals surface area contributed by atoms with Crippen molar-refractivity contribution in [3.05, 3.63) is 107 Å². The van der Waals surface area contributed by atoms with Gasteiger partial charge in [0.05, 0.1) is 0 Å². The molecule has 0 aliphatic heterocycles. The molecule has 0 saturated heterocycles. The molecule has 0 atom stereocenters. The molecule has 290 valence electrons. The quantitative estimate of drug-likeness (QED) is 0.0394. The van der Waals surface area contributed by atoms with E-state index in [1.165, 1.54) is 209 Å². The SMILES string of the molecule is CCCCCCCCc1ccc(-c2ccc3cc4cc(-c5ccc(CCCCCCCC)cc5CCCCCC)ccc4cc3c2)c(CCCCCC)c1. The van der Waals surface area contributed by atoms with Crippen molar-refractivity contribution in [3.63, 3.8) is 0 Å². The molecule has 0 heteroatoms. The minimum Gasteiger partial charge on any atom is -0.0654 e. The lowest BCUT2D eigenvalue weighted by molar-refractivity contribution is 0.607. The monoisotopic (exact) mass is 723 g/mol. The highest BCUT2D eigenvalue weighted by Crippen LogP contribution is 2.34. The van der Waals surface area contributed by atoms with Gasteiger partial charge in [0.25, 0.3) is 0 Å². The molecule has 0 bridgehead atoms. The van der Waals surface area contributed by atoms with Crippen molar-refractivity contribution in [2.45, 2.75) is 182 Å². The number of rotatable bonds is 26. The molecule has 5 rings (SSSR count). The Kier molecular flexibility index (Phi) is 18.2. The molecule has 0 unspecified atom stereocenters. The largest absolute Gasteiger partial charge is 0.0654 e. The number of fused-ring (bicyclic) bond motifs is 2. The molecule has 0 saturated carbocycles. The summed E-state index contributed by atoms with van der Waals surface area (Å²) in [4.78, 5) is 0. The van der Waals surface area contributed by atoms with Gasteiger partial charge in [-0.1, -0.05) is 191 Å². The standard InChI is InChI=1S/C54H74/c1-5-9-13-17-19-21-25-43-29-35-53(47(37-43)27-23-15-11-7-3)49-33-31-45-40-52-42-50(34-32-46(52)39-51(45)41-49)54-36-30-44(26-22-20-18-14-10-6-2)38-48(54)28-24-16-12-8-4/h29-42H,5-28H2,1-4H3. The Morgan fingerprint density at radius 2 is 0.630 bits per heavy atom. The van der Waals surface area contributed by atoms with E-state index in [9.17, 15) is 0 Å². The summed E-state index contributed by atoms with van der Waals surface area (Å²) in [5.74, 6) is 0. The van der Waals surface area contributed by atoms with Crippen molar-refractivity contribution in [2.75, 3.05) is 0 Å². The first-order valence-electron chi connectivity index (χ1n) is 22.8. The average Bonchev–Trinajstić information content (AvgIpc) is 3.20. The van der Waals surface area contributed by atoms with E-state index in [1.54, 1.807) is 11.1 Å². The van der Waals surface area contributed by atoms with Crippen LogP contribution in [0.4, 0.5) is 0 Å². The zero-order valence-corrected chi connectivity index (χ0v) is 35.1. The van der Waals surface area contributed by atoms with Crippen LogP contribution in [-0.2, 0) is 25.7 Å². The molecule has 0 N–H and O–H groups in total. The summed E-state index contributed by atoms with van der Waals surface area (Å²) in [7, 11) is 0. The molecule has 0 radical (unpaired) electrons. The van der Waals surface area contributed by atoms with Crippen LogP contribution < -0.4 is 0 Å². The van der Waals surface area contributed by atoms with Crippen molar-refractivity contribution in [1.82, 2.24) is 0 Å². The van der Waals surface area contributed by atoms with Crippen molar-refractivity contribution < 1.29 is 0 Å². The van der Waals surface area contributed by atoms with Gasteiger partial charge in [-0.3, -0.25) is 0 Å². The van der Waals surface area contributed by atoms with Crippen LogP contribution in [-0.4, -0.2) is 0 Å². The second-order valence-electron chi connectivity index (χ2n) is 16.6. The molecule has 5 aromatic rings. The average molecular weight is 723 g/mol. The molecule has 0 spiro atoms. The summed E-state index contributed by atoms with van der Waals surface area (Å²) in [6.45, 7) is 9.24. The highest BCUT2D eigenvalue weighted by molar-refractivity contribution is 6.01. The topological polar surface area (TPSA) is 0 Å². The van der Waals surface area contributed by atoms with Gasteiger partial charge in [-0.25, -0.2) is 0 Å². The van der Waals surface area contributed by atoms with Crippen LogP contribution >= 0.6 is 0 Å². The highest BCUT2D eigenvalue weighted by Gasteiger charge is 2.12. The lowest BCUT2D eigenvalue weighted by atomic mass is 9.90. The highest BCUT2D eigenvalue weighted by atomic mass is 14.2. The Morgan fingerprint density at radius 3 is 1.04 bits per heavy atom. The first-order valence-corrected chi connectivity index (χ1v) is 22.8. The van der Waals surface area contributed by atoms with Gasteiger partial charge in [-0.15, -0.1) is 0 Å². The van der Waals surface area contributed by atoms with Gasteiger partial charge in [-0.2, -0.15) is 0 Å². The number of aryl methyl sites for hydroxylation is 4. The summed E-state index contributed by atoms with van der Waals surface area (Å²) in [6.07, 6.45) is 31.6. The van der Waals surface area contributed by atoms with Crippen LogP contribution in [0.25, 0.3) is 43.8 Å². The van der Waals surface area contributed by atoms with Gasteiger partial charge in [0.2, 0.25) is 0 Å². The maximum atomic E-state index is 2.55. The van der Waals surface area contributed by atoms with Crippen LogP contribution in [0, 0.1) is 0 Å². The lowest BCUT2D eigenvalue weighted by Crippen LogP contribution is -1.96. The predicted molar refractivity (Wildman–Crippen MR) is 242 cm³/mol. The number of unbranched alkanes of at least 4 members (excludes halogenated alkanes) is 16. The van der Waals surface area contributed by atoms with Gasteiger partial charge in [0.1, 0.15) is 0 Å². The second kappa shape index (κ2) is 23.5. The van der Waals surface area contributed by atoms with Gasteiger partial charge in [0.15, 0.2) is 0 Å². The Labute approximate surface area is 331 Å². The van der Waals surface area contributed by atoms with Crippen LogP contribution in [0.5, 0.6) is 0 Å². The Bertz CT molecular complexity index is 1690. The zero-order valence-electron chi connectivity index (χ0n) is 35.1.